The third kappa shape index (κ3) is 3.64. The maximum Gasteiger partial charge on any atom is 0.255 e. The summed E-state index contributed by atoms with van der Waals surface area (Å²) >= 11 is 6.17. The normalized spacial score (nSPS) is 29.4. The summed E-state index contributed by atoms with van der Waals surface area (Å²) < 4.78 is 0. The number of nitrogens with zero attached hydrogens (tertiary/aromatic N) is 1. The highest BCUT2D eigenvalue weighted by Gasteiger charge is 2.67. The van der Waals surface area contributed by atoms with Gasteiger partial charge in [0.2, 0.25) is 5.78 Å². The van der Waals surface area contributed by atoms with Crippen LogP contribution in [0.3, 0.4) is 0 Å². The molecule has 0 aromatic heterocycles. The molecule has 0 radical (unpaired) electrons. The molecule has 0 fully saturated rings. The second kappa shape index (κ2) is 9.06. The number of aromatic hydroxyl groups is 1. The summed E-state index contributed by atoms with van der Waals surface area (Å²) in [5.74, 6) is -8.97. The van der Waals surface area contributed by atoms with Crippen molar-refractivity contribution in [2.75, 3.05) is 14.1 Å². The standard InChI is InChI=1S/C28H25ClN2O8/c1-31(2)21-20-23(34)17-14(10-11-5-3-6-12(29)9-11)13-7-4-8-15(32)16(13)22(33)18(17)25(36)28(20,39)26(37)19(24(21)35)27(30)38/h3-10,17,20-21,23,32,34-36,39H,1-2H3,(H2,30,38)/b14-10+/t17-,20-,21+,23+,28+/m1/s1. The van der Waals surface area contributed by atoms with Gasteiger partial charge in [-0.25, -0.2) is 0 Å². The van der Waals surface area contributed by atoms with Gasteiger partial charge in [0.05, 0.1) is 29.2 Å². The fourth-order valence-electron chi connectivity index (χ4n) is 6.09. The first kappa shape index (κ1) is 26.6. The lowest BCUT2D eigenvalue weighted by atomic mass is 9.56. The molecule has 5 atom stereocenters. The van der Waals surface area contributed by atoms with Crippen LogP contribution in [0.25, 0.3) is 11.6 Å². The third-order valence-corrected chi connectivity index (χ3v) is 7.94. The fourth-order valence-corrected chi connectivity index (χ4v) is 6.29. The van der Waals surface area contributed by atoms with E-state index in [4.69, 9.17) is 17.3 Å². The Morgan fingerprint density at radius 1 is 1.10 bits per heavy atom. The molecule has 0 unspecified atom stereocenters. The van der Waals surface area contributed by atoms with Crippen LogP contribution in [-0.2, 0) is 9.59 Å². The van der Waals surface area contributed by atoms with Crippen molar-refractivity contribution in [2.45, 2.75) is 17.7 Å². The van der Waals surface area contributed by atoms with Crippen LogP contribution >= 0.6 is 11.6 Å². The summed E-state index contributed by atoms with van der Waals surface area (Å²) in [6, 6.07) is 9.66. The molecule has 3 aliphatic rings. The van der Waals surface area contributed by atoms with Crippen molar-refractivity contribution in [2.24, 2.45) is 17.6 Å². The third-order valence-electron chi connectivity index (χ3n) is 7.70. The Bertz CT molecular complexity index is 1560. The number of hydrogen-bond acceptors (Lipinski definition) is 9. The number of nitrogens with two attached hydrogens (primary N) is 1. The predicted octanol–water partition coefficient (Wildman–Crippen LogP) is 1.74. The molecule has 5 rings (SSSR count). The SMILES string of the molecule is CN(C)[C@@H]1C(O)=C(C(N)=O)C(=O)[C@@]2(O)C(O)=C3C(=O)c4c(O)cccc4/C(=C\c4cccc(Cl)c4)[C@H]3[C@H](O)[C@@H]12. The van der Waals surface area contributed by atoms with Crippen molar-refractivity contribution < 1.29 is 39.9 Å². The summed E-state index contributed by atoms with van der Waals surface area (Å²) in [5, 5.41) is 57.2. The van der Waals surface area contributed by atoms with E-state index in [9.17, 15) is 39.9 Å². The fraction of sp³-hybridized carbons (Fsp3) is 0.250. The van der Waals surface area contributed by atoms with E-state index in [-0.39, 0.29) is 16.7 Å². The second-order valence-electron chi connectivity index (χ2n) is 10.1. The zero-order chi connectivity index (χ0) is 28.5. The smallest absolute Gasteiger partial charge is 0.255 e. The van der Waals surface area contributed by atoms with E-state index in [0.717, 1.165) is 0 Å². The van der Waals surface area contributed by atoms with Crippen molar-refractivity contribution in [1.82, 2.24) is 4.90 Å². The quantitative estimate of drug-likeness (QED) is 0.309. The molecular weight excluding hydrogens is 528 g/mol. The highest BCUT2D eigenvalue weighted by Crippen LogP contribution is 2.55. The van der Waals surface area contributed by atoms with E-state index in [1.54, 1.807) is 36.4 Å². The average molecular weight is 553 g/mol. The van der Waals surface area contributed by atoms with Gasteiger partial charge >= 0.3 is 0 Å². The van der Waals surface area contributed by atoms with Crippen LogP contribution in [-0.4, -0.2) is 79.7 Å². The molecule has 1 amide bonds. The van der Waals surface area contributed by atoms with Crippen LogP contribution in [0, 0.1) is 11.8 Å². The molecule has 2 aromatic carbocycles. The van der Waals surface area contributed by atoms with Gasteiger partial charge in [-0.2, -0.15) is 0 Å². The minimum Gasteiger partial charge on any atom is -0.510 e. The minimum atomic E-state index is -2.99. The van der Waals surface area contributed by atoms with Crippen molar-refractivity contribution in [3.63, 3.8) is 0 Å². The molecule has 11 heteroatoms. The highest BCUT2D eigenvalue weighted by molar-refractivity contribution is 6.30. The van der Waals surface area contributed by atoms with Crippen molar-refractivity contribution in [3.05, 3.63) is 86.8 Å². The first-order valence-corrected chi connectivity index (χ1v) is 12.3. The number of carbonyl (C=O) groups excluding carboxylic acids is 3. The molecule has 0 aliphatic heterocycles. The summed E-state index contributed by atoms with van der Waals surface area (Å²) in [4.78, 5) is 40.8. The van der Waals surface area contributed by atoms with Gasteiger partial charge in [-0.05, 0) is 49.0 Å². The summed E-state index contributed by atoms with van der Waals surface area (Å²) in [6.07, 6.45) is -0.138. The zero-order valence-corrected chi connectivity index (χ0v) is 21.5. The Kier molecular flexibility index (Phi) is 6.19. The maximum atomic E-state index is 13.8. The van der Waals surface area contributed by atoms with E-state index in [0.29, 0.717) is 10.6 Å². The number of Topliss-reactive ketones (excluding diaryl/α,β-unsaturated/α-hetero) is 2. The molecule has 0 saturated carbocycles. The molecule has 39 heavy (non-hydrogen) atoms. The van der Waals surface area contributed by atoms with E-state index >= 15 is 0 Å². The Morgan fingerprint density at radius 2 is 1.77 bits per heavy atom. The number of phenols is 1. The number of amides is 1. The number of aliphatic hydroxyl groups is 4. The van der Waals surface area contributed by atoms with E-state index in [2.05, 4.69) is 0 Å². The Labute approximate surface area is 227 Å². The van der Waals surface area contributed by atoms with Gasteiger partial charge in [0.25, 0.3) is 5.91 Å². The molecular formula is C28H25ClN2O8. The Hall–Kier alpha value is -3.96. The molecule has 0 saturated heterocycles. The zero-order valence-electron chi connectivity index (χ0n) is 20.8. The van der Waals surface area contributed by atoms with Crippen molar-refractivity contribution in [1.29, 1.82) is 0 Å². The number of primary amides is 1. The Morgan fingerprint density at radius 3 is 2.38 bits per heavy atom. The molecule has 202 valence electrons. The van der Waals surface area contributed by atoms with Crippen molar-refractivity contribution >= 4 is 40.7 Å². The van der Waals surface area contributed by atoms with Gasteiger partial charge in [-0.15, -0.1) is 0 Å². The van der Waals surface area contributed by atoms with Crippen LogP contribution in [0.15, 0.2) is 65.1 Å². The number of ketones is 2. The van der Waals surface area contributed by atoms with Gasteiger partial charge in [0.1, 0.15) is 22.8 Å². The van der Waals surface area contributed by atoms with Gasteiger partial charge < -0.3 is 31.3 Å². The maximum absolute atomic E-state index is 13.8. The minimum absolute atomic E-state index is 0.209. The highest BCUT2D eigenvalue weighted by atomic mass is 35.5. The van der Waals surface area contributed by atoms with Crippen LogP contribution in [0.1, 0.15) is 21.5 Å². The monoisotopic (exact) mass is 552 g/mol. The van der Waals surface area contributed by atoms with Gasteiger partial charge in [0, 0.05) is 10.9 Å². The molecule has 10 nitrogen and oxygen atoms in total. The largest absolute Gasteiger partial charge is 0.510 e. The van der Waals surface area contributed by atoms with Crippen LogP contribution in [0.4, 0.5) is 0 Å². The first-order valence-electron chi connectivity index (χ1n) is 11.9. The Balaban J connectivity index is 1.87. The van der Waals surface area contributed by atoms with Crippen LogP contribution in [0.2, 0.25) is 5.02 Å². The number of phenolic OH excluding ortho intramolecular Hbond substituents is 1. The molecule has 2 aromatic rings. The van der Waals surface area contributed by atoms with Crippen molar-refractivity contribution in [3.8, 4) is 5.75 Å². The van der Waals surface area contributed by atoms with Gasteiger partial charge in [0.15, 0.2) is 11.4 Å². The molecule has 3 aliphatic carbocycles. The predicted molar refractivity (Wildman–Crippen MR) is 141 cm³/mol. The van der Waals surface area contributed by atoms with Crippen LogP contribution in [0.5, 0.6) is 5.75 Å². The van der Waals surface area contributed by atoms with E-state index in [1.165, 1.54) is 31.1 Å². The van der Waals surface area contributed by atoms with Crippen LogP contribution < -0.4 is 5.73 Å². The molecule has 0 spiro atoms. The number of fused-ring (bicyclic) bond motifs is 3. The lowest BCUT2D eigenvalue weighted by Crippen LogP contribution is -2.68. The average Bonchev–Trinajstić information content (AvgIpc) is 2.85. The lowest BCUT2D eigenvalue weighted by Gasteiger charge is -2.52. The second-order valence-corrected chi connectivity index (χ2v) is 10.5. The number of hydrogen-bond donors (Lipinski definition) is 6. The number of rotatable bonds is 3. The molecule has 0 bridgehead atoms. The first-order chi connectivity index (χ1) is 18.3. The summed E-state index contributed by atoms with van der Waals surface area (Å²) in [6.45, 7) is 0. The number of carbonyl (C=O) groups is 3. The van der Waals surface area contributed by atoms with E-state index < -0.39 is 75.5 Å². The summed E-state index contributed by atoms with van der Waals surface area (Å²) in [7, 11) is 2.95. The molecule has 0 heterocycles. The van der Waals surface area contributed by atoms with E-state index in [1.807, 2.05) is 0 Å². The summed E-state index contributed by atoms with van der Waals surface area (Å²) in [5.41, 5.74) is 1.77. The number of aliphatic hydroxyl groups excluding tert-OH is 3. The molecule has 7 N–H and O–H groups in total. The number of likely N-dealkylation sites (N-methyl/N-ethyl adjacent to an activating group) is 1. The van der Waals surface area contributed by atoms with Gasteiger partial charge in [-0.3, -0.25) is 19.3 Å². The topological polar surface area (TPSA) is 182 Å². The lowest BCUT2D eigenvalue weighted by molar-refractivity contribution is -0.159. The number of benzene rings is 2. The van der Waals surface area contributed by atoms with Gasteiger partial charge in [-0.1, -0.05) is 41.9 Å². The number of halogens is 1.